The highest BCUT2D eigenvalue weighted by Crippen LogP contribution is 2.40. The van der Waals surface area contributed by atoms with Gasteiger partial charge in [0.15, 0.2) is 0 Å². The highest BCUT2D eigenvalue weighted by atomic mass is 15.1. The number of fused-ring (bicyclic) bond motifs is 2. The number of benzene rings is 8. The van der Waals surface area contributed by atoms with Crippen LogP contribution in [0.4, 0.5) is 17.1 Å². The fraction of sp³-hybridized carbons (Fsp3) is 0. The molecule has 0 amide bonds. The van der Waals surface area contributed by atoms with Crippen LogP contribution in [0.25, 0.3) is 54.9 Å². The van der Waals surface area contributed by atoms with Gasteiger partial charge in [-0.25, -0.2) is 0 Å². The summed E-state index contributed by atoms with van der Waals surface area (Å²) >= 11 is 0. The molecule has 0 aliphatic rings. The van der Waals surface area contributed by atoms with Crippen LogP contribution in [-0.2, 0) is 0 Å². The SMILES string of the molecule is [2H]c1c([2H])c(-c2cccc3ccccc23)c([2H])c(N(c2ccc(-c3ccccc3)cc2)c2cccc(-c3ccc4ccccc4c3)c2)c1[2H]. The fourth-order valence-corrected chi connectivity index (χ4v) is 6.06. The fourth-order valence-electron chi connectivity index (χ4n) is 6.06. The van der Waals surface area contributed by atoms with Crippen molar-refractivity contribution in [3.63, 3.8) is 0 Å². The average molecular weight is 578 g/mol. The first kappa shape index (κ1) is 22.6. The predicted molar refractivity (Wildman–Crippen MR) is 192 cm³/mol. The first-order chi connectivity index (χ1) is 24.0. The van der Waals surface area contributed by atoms with Crippen LogP contribution < -0.4 is 4.90 Å². The van der Waals surface area contributed by atoms with Crippen molar-refractivity contribution in [2.75, 3.05) is 4.90 Å². The molecule has 8 aromatic rings. The van der Waals surface area contributed by atoms with Crippen molar-refractivity contribution in [2.45, 2.75) is 0 Å². The Labute approximate surface area is 269 Å². The van der Waals surface area contributed by atoms with Crippen LogP contribution in [0.1, 0.15) is 5.48 Å². The molecule has 8 rings (SSSR count). The van der Waals surface area contributed by atoms with Gasteiger partial charge in [-0.05, 0) is 97.3 Å². The Morgan fingerprint density at radius 1 is 0.378 bits per heavy atom. The zero-order chi connectivity index (χ0) is 33.5. The number of hydrogen-bond donors (Lipinski definition) is 0. The molecule has 0 heterocycles. The second kappa shape index (κ2) is 11.6. The summed E-state index contributed by atoms with van der Waals surface area (Å²) in [5.41, 5.74) is 6.97. The van der Waals surface area contributed by atoms with Crippen LogP contribution >= 0.6 is 0 Å². The number of hydrogen-bond acceptors (Lipinski definition) is 1. The monoisotopic (exact) mass is 577 g/mol. The van der Waals surface area contributed by atoms with E-state index in [2.05, 4.69) is 54.6 Å². The molecule has 45 heavy (non-hydrogen) atoms. The maximum atomic E-state index is 9.69. The van der Waals surface area contributed by atoms with Gasteiger partial charge in [0.2, 0.25) is 0 Å². The molecular weight excluding hydrogens is 542 g/mol. The van der Waals surface area contributed by atoms with E-state index in [0.29, 0.717) is 11.1 Å². The van der Waals surface area contributed by atoms with E-state index in [1.807, 2.05) is 114 Å². The highest BCUT2D eigenvalue weighted by molar-refractivity contribution is 5.97. The Kier molecular flexibility index (Phi) is 5.84. The molecule has 0 saturated heterocycles. The van der Waals surface area contributed by atoms with Crippen molar-refractivity contribution in [1.29, 1.82) is 0 Å². The molecule has 0 aromatic heterocycles. The number of anilines is 3. The van der Waals surface area contributed by atoms with Gasteiger partial charge in [-0.2, -0.15) is 0 Å². The van der Waals surface area contributed by atoms with Gasteiger partial charge in [0.1, 0.15) is 0 Å². The van der Waals surface area contributed by atoms with Gasteiger partial charge < -0.3 is 4.90 Å². The van der Waals surface area contributed by atoms with Crippen LogP contribution in [0.2, 0.25) is 0 Å². The first-order valence-electron chi connectivity index (χ1n) is 17.1. The van der Waals surface area contributed by atoms with E-state index < -0.39 is 0 Å². The maximum absolute atomic E-state index is 9.69. The molecule has 0 atom stereocenters. The van der Waals surface area contributed by atoms with E-state index in [1.54, 1.807) is 0 Å². The summed E-state index contributed by atoms with van der Waals surface area (Å²) in [5.74, 6) is 0. The minimum atomic E-state index is -0.217. The molecule has 1 heteroatoms. The van der Waals surface area contributed by atoms with Crippen molar-refractivity contribution < 1.29 is 5.48 Å². The molecule has 8 aromatic carbocycles. The van der Waals surface area contributed by atoms with E-state index in [-0.39, 0.29) is 29.9 Å². The van der Waals surface area contributed by atoms with Crippen LogP contribution in [0, 0.1) is 0 Å². The van der Waals surface area contributed by atoms with Crippen molar-refractivity contribution in [3.05, 3.63) is 188 Å². The van der Waals surface area contributed by atoms with Gasteiger partial charge >= 0.3 is 0 Å². The molecule has 0 fully saturated rings. The molecule has 0 spiro atoms. The third kappa shape index (κ3) is 5.26. The second-order valence-electron chi connectivity index (χ2n) is 11.1. The van der Waals surface area contributed by atoms with Gasteiger partial charge in [0.25, 0.3) is 0 Å². The molecule has 0 aliphatic carbocycles. The Balaban J connectivity index is 1.36. The Morgan fingerprint density at radius 3 is 1.89 bits per heavy atom. The normalized spacial score (nSPS) is 12.4. The summed E-state index contributed by atoms with van der Waals surface area (Å²) in [6.07, 6.45) is 0. The second-order valence-corrected chi connectivity index (χ2v) is 11.1. The van der Waals surface area contributed by atoms with Crippen molar-refractivity contribution in [3.8, 4) is 33.4 Å². The zero-order valence-corrected chi connectivity index (χ0v) is 24.5. The lowest BCUT2D eigenvalue weighted by molar-refractivity contribution is 1.28. The largest absolute Gasteiger partial charge is 0.310 e. The summed E-state index contributed by atoms with van der Waals surface area (Å²) in [7, 11) is 0. The standard InChI is InChI=1S/C44H31N/c1-2-11-32(12-3-1)34-25-27-40(28-26-34)45(41-19-8-17-37(30-41)38-24-23-33-13-4-5-15-36(33)29-38)42-20-9-18-39(31-42)44-22-10-16-35-14-6-7-21-43(35)44/h1-31H/i9D,18D,20D,31D. The van der Waals surface area contributed by atoms with E-state index in [9.17, 15) is 2.74 Å². The third-order valence-corrected chi connectivity index (χ3v) is 8.31. The summed E-state index contributed by atoms with van der Waals surface area (Å²) in [6.45, 7) is 0. The van der Waals surface area contributed by atoms with Gasteiger partial charge in [-0.3, -0.25) is 0 Å². The molecule has 1 nitrogen and oxygen atoms in total. The smallest absolute Gasteiger partial charge is 0.0651 e. The Bertz CT molecular complexity index is 2490. The molecule has 0 saturated carbocycles. The lowest BCUT2D eigenvalue weighted by Crippen LogP contribution is -2.10. The highest BCUT2D eigenvalue weighted by Gasteiger charge is 2.15. The van der Waals surface area contributed by atoms with Crippen molar-refractivity contribution in [1.82, 2.24) is 0 Å². The lowest BCUT2D eigenvalue weighted by Gasteiger charge is -2.27. The van der Waals surface area contributed by atoms with Crippen molar-refractivity contribution >= 4 is 38.6 Å². The Morgan fingerprint density at radius 2 is 1.02 bits per heavy atom. The molecule has 0 bridgehead atoms. The predicted octanol–water partition coefficient (Wildman–Crippen LogP) is 12.5. The molecule has 212 valence electrons. The molecular formula is C44H31N. The summed E-state index contributed by atoms with van der Waals surface area (Å²) in [5, 5.41) is 4.19. The van der Waals surface area contributed by atoms with Crippen LogP contribution in [0.15, 0.2) is 188 Å². The van der Waals surface area contributed by atoms with Gasteiger partial charge in [0.05, 0.1) is 5.48 Å². The maximum Gasteiger partial charge on any atom is 0.0651 e. The van der Waals surface area contributed by atoms with Crippen LogP contribution in [0.5, 0.6) is 0 Å². The molecule has 0 unspecified atom stereocenters. The van der Waals surface area contributed by atoms with E-state index in [1.165, 1.54) is 5.39 Å². The quantitative estimate of drug-likeness (QED) is 0.190. The Hall–Kier alpha value is -5.92. The molecule has 0 aliphatic heterocycles. The summed E-state index contributed by atoms with van der Waals surface area (Å²) in [6, 6.07) is 54.3. The summed E-state index contributed by atoms with van der Waals surface area (Å²) in [4.78, 5) is 1.90. The topological polar surface area (TPSA) is 3.24 Å². The number of rotatable bonds is 6. The molecule has 0 N–H and O–H groups in total. The van der Waals surface area contributed by atoms with Gasteiger partial charge in [-0.1, -0.05) is 146 Å². The minimum absolute atomic E-state index is 0.0330. The lowest BCUT2D eigenvalue weighted by atomic mass is 9.97. The average Bonchev–Trinajstić information content (AvgIpc) is 3.16. The summed E-state index contributed by atoms with van der Waals surface area (Å²) < 4.78 is 37.0. The third-order valence-electron chi connectivity index (χ3n) is 8.31. The van der Waals surface area contributed by atoms with E-state index in [0.717, 1.165) is 49.8 Å². The van der Waals surface area contributed by atoms with Crippen LogP contribution in [-0.4, -0.2) is 0 Å². The van der Waals surface area contributed by atoms with Gasteiger partial charge in [0, 0.05) is 17.1 Å². The van der Waals surface area contributed by atoms with Crippen LogP contribution in [0.3, 0.4) is 0 Å². The van der Waals surface area contributed by atoms with E-state index >= 15 is 0 Å². The minimum Gasteiger partial charge on any atom is -0.310 e. The molecule has 0 radical (unpaired) electrons. The number of nitrogens with zero attached hydrogens (tertiary/aromatic N) is 1. The van der Waals surface area contributed by atoms with Crippen molar-refractivity contribution in [2.24, 2.45) is 0 Å². The first-order valence-corrected chi connectivity index (χ1v) is 15.1. The van der Waals surface area contributed by atoms with Gasteiger partial charge in [-0.15, -0.1) is 0 Å². The van der Waals surface area contributed by atoms with E-state index in [4.69, 9.17) is 2.74 Å². The zero-order valence-electron chi connectivity index (χ0n) is 28.5.